The minimum atomic E-state index is 0.0618. The average Bonchev–Trinajstić information content (AvgIpc) is 2.76. The molecule has 1 heterocycles. The van der Waals surface area contributed by atoms with E-state index in [1.807, 2.05) is 25.1 Å². The molecule has 0 aliphatic heterocycles. The highest BCUT2D eigenvalue weighted by Crippen LogP contribution is 2.32. The second-order valence-electron chi connectivity index (χ2n) is 4.75. The van der Waals surface area contributed by atoms with Crippen LogP contribution in [0.1, 0.15) is 36.2 Å². The molecular weight excluding hydrogens is 344 g/mol. The van der Waals surface area contributed by atoms with Gasteiger partial charge in [-0.05, 0) is 44.5 Å². The van der Waals surface area contributed by atoms with Crippen LogP contribution in [0.25, 0.3) is 0 Å². The molecule has 2 aromatic rings. The van der Waals surface area contributed by atoms with E-state index in [0.717, 1.165) is 25.8 Å². The fourth-order valence-electron chi connectivity index (χ4n) is 1.87. The first-order valence-electron chi connectivity index (χ1n) is 6.10. The third-order valence-electron chi connectivity index (χ3n) is 2.65. The van der Waals surface area contributed by atoms with Crippen LogP contribution >= 0.6 is 38.9 Å². The molecule has 0 fully saturated rings. The normalized spacial score (nSPS) is 12.9. The molecule has 0 aliphatic carbocycles. The van der Waals surface area contributed by atoms with Gasteiger partial charge in [-0.15, -0.1) is 11.3 Å². The fourth-order valence-corrected chi connectivity index (χ4v) is 3.40. The zero-order valence-electron chi connectivity index (χ0n) is 11.1. The van der Waals surface area contributed by atoms with Crippen LogP contribution in [0, 0.1) is 6.92 Å². The molecule has 2 rings (SSSR count). The summed E-state index contributed by atoms with van der Waals surface area (Å²) in [6.45, 7) is 6.28. The van der Waals surface area contributed by atoms with Gasteiger partial charge >= 0.3 is 0 Å². The summed E-state index contributed by atoms with van der Waals surface area (Å²) >= 11 is 11.4. The van der Waals surface area contributed by atoms with Crippen LogP contribution in [-0.4, -0.2) is 11.0 Å². The number of nitrogens with one attached hydrogen (secondary N) is 1. The second kappa shape index (κ2) is 6.35. The molecule has 0 spiro atoms. The third kappa shape index (κ3) is 3.78. The summed E-state index contributed by atoms with van der Waals surface area (Å²) in [5.41, 5.74) is 2.17. The standard InChI is InChI=1S/C14H16BrClN2S/c1-8(2)17-13(14-18-9(3)7-19-14)11-6-10(16)4-5-12(11)15/h4-8,13,17H,1-3H3. The van der Waals surface area contributed by atoms with Crippen molar-refractivity contribution in [2.75, 3.05) is 0 Å². The van der Waals surface area contributed by atoms with Gasteiger partial charge in [-0.25, -0.2) is 4.98 Å². The Bertz CT molecular complexity index is 568. The molecule has 2 nitrogen and oxygen atoms in total. The Kier molecular flexibility index (Phi) is 5.01. The Labute approximate surface area is 131 Å². The second-order valence-corrected chi connectivity index (χ2v) is 6.93. The predicted octanol–water partition coefficient (Wildman–Crippen LogP) is 4.95. The van der Waals surface area contributed by atoms with Crippen LogP contribution in [0.3, 0.4) is 0 Å². The van der Waals surface area contributed by atoms with Gasteiger partial charge in [0.1, 0.15) is 5.01 Å². The van der Waals surface area contributed by atoms with Gasteiger partial charge in [-0.2, -0.15) is 0 Å². The van der Waals surface area contributed by atoms with Crippen molar-refractivity contribution in [1.29, 1.82) is 0 Å². The van der Waals surface area contributed by atoms with Crippen LogP contribution in [0.5, 0.6) is 0 Å². The predicted molar refractivity (Wildman–Crippen MR) is 86.1 cm³/mol. The molecule has 1 aromatic heterocycles. The Hall–Kier alpha value is -0.420. The number of thiazole rings is 1. The quantitative estimate of drug-likeness (QED) is 0.835. The van der Waals surface area contributed by atoms with E-state index in [1.165, 1.54) is 0 Å². The molecule has 102 valence electrons. The Balaban J connectivity index is 2.45. The summed E-state index contributed by atoms with van der Waals surface area (Å²) in [4.78, 5) is 4.60. The van der Waals surface area contributed by atoms with Crippen molar-refractivity contribution in [3.05, 3.63) is 49.3 Å². The van der Waals surface area contributed by atoms with Crippen LogP contribution in [0.4, 0.5) is 0 Å². The summed E-state index contributed by atoms with van der Waals surface area (Å²) in [7, 11) is 0. The van der Waals surface area contributed by atoms with Crippen LogP contribution in [-0.2, 0) is 0 Å². The molecule has 1 aromatic carbocycles. The zero-order chi connectivity index (χ0) is 14.0. The number of aryl methyl sites for hydroxylation is 1. The van der Waals surface area contributed by atoms with Crippen molar-refractivity contribution in [3.8, 4) is 0 Å². The number of rotatable bonds is 4. The molecule has 1 atom stereocenters. The van der Waals surface area contributed by atoms with E-state index in [1.54, 1.807) is 11.3 Å². The molecule has 1 unspecified atom stereocenters. The largest absolute Gasteiger partial charge is 0.302 e. The SMILES string of the molecule is Cc1csc(C(NC(C)C)c2cc(Cl)ccc2Br)n1. The average molecular weight is 360 g/mol. The van der Waals surface area contributed by atoms with Gasteiger partial charge in [0.25, 0.3) is 0 Å². The van der Waals surface area contributed by atoms with Gasteiger partial charge in [0.05, 0.1) is 6.04 Å². The summed E-state index contributed by atoms with van der Waals surface area (Å²) in [6, 6.07) is 6.27. The zero-order valence-corrected chi connectivity index (χ0v) is 14.2. The van der Waals surface area contributed by atoms with Crippen molar-refractivity contribution in [3.63, 3.8) is 0 Å². The van der Waals surface area contributed by atoms with E-state index in [2.05, 4.69) is 45.5 Å². The summed E-state index contributed by atoms with van der Waals surface area (Å²) < 4.78 is 1.04. The van der Waals surface area contributed by atoms with E-state index in [4.69, 9.17) is 11.6 Å². The molecule has 0 saturated carbocycles. The molecule has 0 saturated heterocycles. The number of hydrogen-bond acceptors (Lipinski definition) is 3. The minimum Gasteiger partial charge on any atom is -0.302 e. The molecular formula is C14H16BrClN2S. The Morgan fingerprint density at radius 2 is 2.11 bits per heavy atom. The van der Waals surface area contributed by atoms with Gasteiger partial charge in [0, 0.05) is 26.6 Å². The van der Waals surface area contributed by atoms with Crippen molar-refractivity contribution in [2.45, 2.75) is 32.9 Å². The Morgan fingerprint density at radius 3 is 2.68 bits per heavy atom. The highest BCUT2D eigenvalue weighted by molar-refractivity contribution is 9.10. The maximum absolute atomic E-state index is 6.12. The highest BCUT2D eigenvalue weighted by atomic mass is 79.9. The lowest BCUT2D eigenvalue weighted by Gasteiger charge is -2.21. The highest BCUT2D eigenvalue weighted by Gasteiger charge is 2.20. The van der Waals surface area contributed by atoms with E-state index in [-0.39, 0.29) is 6.04 Å². The minimum absolute atomic E-state index is 0.0618. The molecule has 0 bridgehead atoms. The Morgan fingerprint density at radius 1 is 1.37 bits per heavy atom. The van der Waals surface area contributed by atoms with Crippen molar-refractivity contribution in [2.24, 2.45) is 0 Å². The molecule has 0 aliphatic rings. The van der Waals surface area contributed by atoms with E-state index in [0.29, 0.717) is 6.04 Å². The number of benzene rings is 1. The summed E-state index contributed by atoms with van der Waals surface area (Å²) in [6.07, 6.45) is 0. The summed E-state index contributed by atoms with van der Waals surface area (Å²) in [5.74, 6) is 0. The lowest BCUT2D eigenvalue weighted by Crippen LogP contribution is -2.29. The van der Waals surface area contributed by atoms with Crippen molar-refractivity contribution >= 4 is 38.9 Å². The maximum atomic E-state index is 6.12. The maximum Gasteiger partial charge on any atom is 0.114 e. The first kappa shape index (κ1) is 15.0. The van der Waals surface area contributed by atoms with Gasteiger partial charge in [-0.1, -0.05) is 27.5 Å². The van der Waals surface area contributed by atoms with Gasteiger partial charge in [-0.3, -0.25) is 0 Å². The van der Waals surface area contributed by atoms with Gasteiger partial charge < -0.3 is 5.32 Å². The number of hydrogen-bond donors (Lipinski definition) is 1. The first-order valence-corrected chi connectivity index (χ1v) is 8.15. The van der Waals surface area contributed by atoms with Crippen molar-refractivity contribution in [1.82, 2.24) is 10.3 Å². The molecule has 5 heteroatoms. The molecule has 0 amide bonds. The van der Waals surface area contributed by atoms with Crippen LogP contribution < -0.4 is 5.32 Å². The van der Waals surface area contributed by atoms with E-state index in [9.17, 15) is 0 Å². The molecule has 19 heavy (non-hydrogen) atoms. The fraction of sp³-hybridized carbons (Fsp3) is 0.357. The lowest BCUT2D eigenvalue weighted by molar-refractivity contribution is 0.525. The van der Waals surface area contributed by atoms with Crippen molar-refractivity contribution < 1.29 is 0 Å². The summed E-state index contributed by atoms with van der Waals surface area (Å²) in [5, 5.41) is 7.43. The number of aromatic nitrogens is 1. The van der Waals surface area contributed by atoms with E-state index < -0.39 is 0 Å². The number of nitrogens with zero attached hydrogens (tertiary/aromatic N) is 1. The van der Waals surface area contributed by atoms with Gasteiger partial charge in [0.2, 0.25) is 0 Å². The van der Waals surface area contributed by atoms with E-state index >= 15 is 0 Å². The number of halogens is 2. The lowest BCUT2D eigenvalue weighted by atomic mass is 10.1. The molecule has 0 radical (unpaired) electrons. The third-order valence-corrected chi connectivity index (χ3v) is 4.64. The van der Waals surface area contributed by atoms with Gasteiger partial charge in [0.15, 0.2) is 0 Å². The van der Waals surface area contributed by atoms with Crippen LogP contribution in [0.2, 0.25) is 5.02 Å². The smallest absolute Gasteiger partial charge is 0.114 e. The molecule has 1 N–H and O–H groups in total. The topological polar surface area (TPSA) is 24.9 Å². The monoisotopic (exact) mass is 358 g/mol. The van der Waals surface area contributed by atoms with Crippen LogP contribution in [0.15, 0.2) is 28.1 Å². The first-order chi connectivity index (χ1) is 8.97.